The molecule has 0 aliphatic heterocycles. The van der Waals surface area contributed by atoms with Crippen LogP contribution in [0.15, 0.2) is 23.4 Å². The van der Waals surface area contributed by atoms with Crippen LogP contribution in [0, 0.1) is 5.41 Å². The van der Waals surface area contributed by atoms with Gasteiger partial charge in [0.25, 0.3) is 0 Å². The second-order valence-corrected chi connectivity index (χ2v) is 8.76. The Bertz CT molecular complexity index is 340. The molecule has 1 unspecified atom stereocenters. The van der Waals surface area contributed by atoms with Crippen LogP contribution in [0.1, 0.15) is 55.4 Å². The highest BCUT2D eigenvalue weighted by atomic mass is 127. The van der Waals surface area contributed by atoms with Gasteiger partial charge in [0, 0.05) is 15.2 Å². The zero-order valence-electron chi connectivity index (χ0n) is 13.2. The SMILES string of the molecule is C=C(/C(=C(/C)N(N)C(C)(C)C)C(C)(C)C)C(C)I. The van der Waals surface area contributed by atoms with Gasteiger partial charge >= 0.3 is 0 Å². The zero-order valence-corrected chi connectivity index (χ0v) is 15.3. The summed E-state index contributed by atoms with van der Waals surface area (Å²) in [5.41, 5.74) is 3.50. The molecule has 0 saturated carbocycles. The predicted octanol–water partition coefficient (Wildman–Crippen LogP) is 4.66. The summed E-state index contributed by atoms with van der Waals surface area (Å²) in [5.74, 6) is 6.26. The molecule has 106 valence electrons. The Morgan fingerprint density at radius 3 is 1.78 bits per heavy atom. The van der Waals surface area contributed by atoms with Crippen molar-refractivity contribution in [2.24, 2.45) is 11.3 Å². The van der Waals surface area contributed by atoms with Gasteiger partial charge in [-0.1, -0.05) is 49.9 Å². The van der Waals surface area contributed by atoms with Crippen molar-refractivity contribution < 1.29 is 0 Å². The molecule has 18 heavy (non-hydrogen) atoms. The summed E-state index contributed by atoms with van der Waals surface area (Å²) >= 11 is 2.41. The van der Waals surface area contributed by atoms with E-state index in [0.29, 0.717) is 3.92 Å². The number of alkyl halides is 1. The second kappa shape index (κ2) is 5.95. The first kappa shape index (κ1) is 18.0. The average molecular weight is 364 g/mol. The highest BCUT2D eigenvalue weighted by molar-refractivity contribution is 14.1. The van der Waals surface area contributed by atoms with Crippen LogP contribution in [0.2, 0.25) is 0 Å². The van der Waals surface area contributed by atoms with Gasteiger partial charge in [0.2, 0.25) is 0 Å². The molecule has 0 aromatic carbocycles. The van der Waals surface area contributed by atoms with Gasteiger partial charge in [-0.2, -0.15) is 0 Å². The van der Waals surface area contributed by atoms with E-state index in [2.05, 4.69) is 84.6 Å². The summed E-state index contributed by atoms with van der Waals surface area (Å²) in [6.07, 6.45) is 0. The van der Waals surface area contributed by atoms with Crippen molar-refractivity contribution >= 4 is 22.6 Å². The normalized spacial score (nSPS) is 16.1. The number of rotatable bonds is 3. The first-order valence-electron chi connectivity index (χ1n) is 6.39. The van der Waals surface area contributed by atoms with Gasteiger partial charge < -0.3 is 5.01 Å². The molecule has 2 N–H and O–H groups in total. The summed E-state index contributed by atoms with van der Waals surface area (Å²) in [4.78, 5) is 0. The predicted molar refractivity (Wildman–Crippen MR) is 90.6 cm³/mol. The zero-order chi connectivity index (χ0) is 14.9. The summed E-state index contributed by atoms with van der Waals surface area (Å²) in [6.45, 7) is 21.5. The molecule has 0 rings (SSSR count). The smallest absolute Gasteiger partial charge is 0.0473 e. The van der Waals surface area contributed by atoms with Crippen LogP contribution in [-0.4, -0.2) is 14.5 Å². The van der Waals surface area contributed by atoms with E-state index in [-0.39, 0.29) is 11.0 Å². The fourth-order valence-electron chi connectivity index (χ4n) is 2.08. The molecule has 0 aliphatic rings. The third-order valence-electron chi connectivity index (χ3n) is 3.00. The van der Waals surface area contributed by atoms with E-state index < -0.39 is 0 Å². The Morgan fingerprint density at radius 2 is 1.56 bits per heavy atom. The van der Waals surface area contributed by atoms with Crippen molar-refractivity contribution in [3.63, 3.8) is 0 Å². The van der Waals surface area contributed by atoms with E-state index in [1.165, 1.54) is 11.1 Å². The van der Waals surface area contributed by atoms with Crippen molar-refractivity contribution in [1.29, 1.82) is 0 Å². The number of halogens is 1. The molecule has 0 heterocycles. The molecule has 0 bridgehead atoms. The second-order valence-electron chi connectivity index (χ2n) is 6.89. The van der Waals surface area contributed by atoms with Crippen molar-refractivity contribution in [2.75, 3.05) is 0 Å². The highest BCUT2D eigenvalue weighted by Gasteiger charge is 2.28. The molecule has 0 aromatic rings. The van der Waals surface area contributed by atoms with Crippen molar-refractivity contribution in [1.82, 2.24) is 5.01 Å². The lowest BCUT2D eigenvalue weighted by Gasteiger charge is -2.38. The lowest BCUT2D eigenvalue weighted by Crippen LogP contribution is -2.46. The van der Waals surface area contributed by atoms with Crippen LogP contribution in [0.5, 0.6) is 0 Å². The molecule has 0 spiro atoms. The Labute approximate surface area is 127 Å². The number of nitrogens with zero attached hydrogens (tertiary/aromatic N) is 1. The Balaban J connectivity index is 5.79. The van der Waals surface area contributed by atoms with Crippen LogP contribution in [-0.2, 0) is 0 Å². The summed E-state index contributed by atoms with van der Waals surface area (Å²) in [6, 6.07) is 0. The van der Waals surface area contributed by atoms with Gasteiger partial charge in [0.1, 0.15) is 0 Å². The Morgan fingerprint density at radius 1 is 1.17 bits per heavy atom. The van der Waals surface area contributed by atoms with E-state index >= 15 is 0 Å². The topological polar surface area (TPSA) is 29.3 Å². The minimum Gasteiger partial charge on any atom is -0.310 e. The van der Waals surface area contributed by atoms with E-state index in [4.69, 9.17) is 5.84 Å². The van der Waals surface area contributed by atoms with Crippen LogP contribution in [0.4, 0.5) is 0 Å². The molecule has 0 aromatic heterocycles. The first-order chi connectivity index (χ1) is 7.80. The standard InChI is InChI=1S/C15H29IN2/c1-10(11(2)16)13(14(4,5)6)12(3)18(17)15(7,8)9/h11H,1,17H2,2-9H3/b13-12+. The van der Waals surface area contributed by atoms with E-state index in [0.717, 1.165) is 5.70 Å². The number of hydrogen-bond acceptors (Lipinski definition) is 2. The van der Waals surface area contributed by atoms with Crippen molar-refractivity contribution in [2.45, 2.75) is 64.9 Å². The third-order valence-corrected chi connectivity index (χ3v) is 3.75. The minimum absolute atomic E-state index is 0.0451. The summed E-state index contributed by atoms with van der Waals surface area (Å²) in [5, 5.41) is 1.86. The van der Waals surface area contributed by atoms with Gasteiger partial charge in [0.05, 0.1) is 0 Å². The first-order valence-corrected chi connectivity index (χ1v) is 7.64. The molecule has 0 amide bonds. The van der Waals surface area contributed by atoms with Gasteiger partial charge in [-0.3, -0.25) is 0 Å². The number of hydrazine groups is 1. The molecule has 0 aliphatic carbocycles. The van der Waals surface area contributed by atoms with Gasteiger partial charge in [-0.25, -0.2) is 5.84 Å². The molecular weight excluding hydrogens is 335 g/mol. The maximum Gasteiger partial charge on any atom is 0.0473 e. The molecule has 0 radical (unpaired) electrons. The fourth-order valence-corrected chi connectivity index (χ4v) is 2.39. The molecule has 1 atom stereocenters. The Hall–Kier alpha value is -0.0300. The number of hydrogen-bond donors (Lipinski definition) is 1. The highest BCUT2D eigenvalue weighted by Crippen LogP contribution is 2.37. The van der Waals surface area contributed by atoms with Gasteiger partial charge in [0.15, 0.2) is 0 Å². The van der Waals surface area contributed by atoms with Crippen molar-refractivity contribution in [3.05, 3.63) is 23.4 Å². The van der Waals surface area contributed by atoms with Gasteiger partial charge in [-0.15, -0.1) is 0 Å². The van der Waals surface area contributed by atoms with E-state index in [9.17, 15) is 0 Å². The van der Waals surface area contributed by atoms with Crippen LogP contribution in [0.3, 0.4) is 0 Å². The number of allylic oxidation sites excluding steroid dienone is 3. The lowest BCUT2D eigenvalue weighted by atomic mass is 9.80. The molecule has 3 heteroatoms. The van der Waals surface area contributed by atoms with Crippen LogP contribution >= 0.6 is 22.6 Å². The van der Waals surface area contributed by atoms with E-state index in [1.807, 2.05) is 5.01 Å². The van der Waals surface area contributed by atoms with Gasteiger partial charge in [-0.05, 0) is 51.2 Å². The summed E-state index contributed by atoms with van der Waals surface area (Å²) < 4.78 is 0.403. The Kier molecular flexibility index (Phi) is 5.94. The average Bonchev–Trinajstić information content (AvgIpc) is 2.12. The monoisotopic (exact) mass is 364 g/mol. The quantitative estimate of drug-likeness (QED) is 0.259. The number of nitrogens with two attached hydrogens (primary N) is 1. The van der Waals surface area contributed by atoms with Crippen molar-refractivity contribution in [3.8, 4) is 0 Å². The maximum atomic E-state index is 6.26. The fraction of sp³-hybridized carbons (Fsp3) is 0.733. The lowest BCUT2D eigenvalue weighted by molar-refractivity contribution is 0.184. The molecule has 0 fully saturated rings. The van der Waals surface area contributed by atoms with Crippen LogP contribution < -0.4 is 5.84 Å². The largest absolute Gasteiger partial charge is 0.310 e. The third kappa shape index (κ3) is 4.57. The van der Waals surface area contributed by atoms with E-state index in [1.54, 1.807) is 0 Å². The minimum atomic E-state index is -0.0879. The van der Waals surface area contributed by atoms with Crippen LogP contribution in [0.25, 0.3) is 0 Å². The molecule has 0 saturated heterocycles. The summed E-state index contributed by atoms with van der Waals surface area (Å²) in [7, 11) is 0. The molecular formula is C15H29IN2. The maximum absolute atomic E-state index is 6.26. The molecule has 2 nitrogen and oxygen atoms in total.